The zero-order valence-corrected chi connectivity index (χ0v) is 13.0. The van der Waals surface area contributed by atoms with Gasteiger partial charge in [0, 0.05) is 12.0 Å². The van der Waals surface area contributed by atoms with Crippen LogP contribution in [-0.2, 0) is 0 Å². The molecule has 20 heavy (non-hydrogen) atoms. The zero-order chi connectivity index (χ0) is 14.5. The molecule has 0 nitrogen and oxygen atoms in total. The zero-order valence-electron chi connectivity index (χ0n) is 13.0. The van der Waals surface area contributed by atoms with Crippen molar-refractivity contribution >= 4 is 6.08 Å². The largest absolute Gasteiger partial charge is 0.0985 e. The standard InChI is InChI=1S/C20H28/c1-3-5-6-7-8-9-10-11-12-13-14-20-17-15-19(4-2)16-18-20/h4,15-18H,2-3,5-12H2,1H3. The molecule has 0 N–H and O–H groups in total. The minimum atomic E-state index is 1.03. The van der Waals surface area contributed by atoms with Crippen LogP contribution in [0, 0.1) is 11.8 Å². The molecular weight excluding hydrogens is 240 g/mol. The molecule has 0 aliphatic carbocycles. The first-order valence-corrected chi connectivity index (χ1v) is 8.08. The van der Waals surface area contributed by atoms with Crippen molar-refractivity contribution in [3.8, 4) is 11.8 Å². The SMILES string of the molecule is C=Cc1ccc(C#CCCCCCCCCCC)cc1. The first-order valence-electron chi connectivity index (χ1n) is 8.08. The fourth-order valence-corrected chi connectivity index (χ4v) is 2.21. The lowest BCUT2D eigenvalue weighted by molar-refractivity contribution is 0.579. The summed E-state index contributed by atoms with van der Waals surface area (Å²) in [6.07, 6.45) is 13.8. The summed E-state index contributed by atoms with van der Waals surface area (Å²) in [7, 11) is 0. The molecule has 0 aliphatic rings. The molecule has 0 unspecified atom stereocenters. The summed E-state index contributed by atoms with van der Waals surface area (Å²) >= 11 is 0. The van der Waals surface area contributed by atoms with Gasteiger partial charge in [-0.3, -0.25) is 0 Å². The smallest absolute Gasteiger partial charge is 0.0245 e. The van der Waals surface area contributed by atoms with Crippen LogP contribution in [0.2, 0.25) is 0 Å². The average Bonchev–Trinajstić information content (AvgIpc) is 2.50. The van der Waals surface area contributed by atoms with Crippen molar-refractivity contribution in [3.63, 3.8) is 0 Å². The molecule has 0 amide bonds. The van der Waals surface area contributed by atoms with E-state index in [1.54, 1.807) is 0 Å². The molecule has 0 radical (unpaired) electrons. The molecule has 1 aromatic rings. The molecule has 0 spiro atoms. The van der Waals surface area contributed by atoms with Crippen LogP contribution in [0.5, 0.6) is 0 Å². The Hall–Kier alpha value is -1.48. The van der Waals surface area contributed by atoms with Gasteiger partial charge in [0.1, 0.15) is 0 Å². The fourth-order valence-electron chi connectivity index (χ4n) is 2.21. The Morgan fingerprint density at radius 3 is 2.10 bits per heavy atom. The predicted molar refractivity (Wildman–Crippen MR) is 90.6 cm³/mol. The van der Waals surface area contributed by atoms with Crippen LogP contribution in [0.15, 0.2) is 30.8 Å². The molecule has 1 rings (SSSR count). The van der Waals surface area contributed by atoms with Crippen LogP contribution in [0.4, 0.5) is 0 Å². The minimum absolute atomic E-state index is 1.03. The molecule has 0 saturated carbocycles. The number of hydrogen-bond acceptors (Lipinski definition) is 0. The van der Waals surface area contributed by atoms with E-state index in [1.807, 2.05) is 6.08 Å². The molecule has 1 aromatic carbocycles. The Morgan fingerprint density at radius 2 is 1.50 bits per heavy atom. The number of unbranched alkanes of at least 4 members (excludes halogenated alkanes) is 8. The monoisotopic (exact) mass is 268 g/mol. The summed E-state index contributed by atoms with van der Waals surface area (Å²) < 4.78 is 0. The van der Waals surface area contributed by atoms with Gasteiger partial charge < -0.3 is 0 Å². The number of hydrogen-bond donors (Lipinski definition) is 0. The average molecular weight is 268 g/mol. The van der Waals surface area contributed by atoms with E-state index in [2.05, 4.69) is 49.6 Å². The van der Waals surface area contributed by atoms with Crippen molar-refractivity contribution in [2.75, 3.05) is 0 Å². The first-order chi connectivity index (χ1) is 9.86. The quantitative estimate of drug-likeness (QED) is 0.369. The van der Waals surface area contributed by atoms with E-state index in [1.165, 1.54) is 51.4 Å². The van der Waals surface area contributed by atoms with Crippen molar-refractivity contribution < 1.29 is 0 Å². The third-order valence-electron chi connectivity index (χ3n) is 3.53. The van der Waals surface area contributed by atoms with Crippen LogP contribution < -0.4 is 0 Å². The van der Waals surface area contributed by atoms with Crippen LogP contribution in [-0.4, -0.2) is 0 Å². The van der Waals surface area contributed by atoms with Gasteiger partial charge in [-0.15, -0.1) is 0 Å². The minimum Gasteiger partial charge on any atom is -0.0985 e. The van der Waals surface area contributed by atoms with Crippen molar-refractivity contribution in [1.82, 2.24) is 0 Å². The van der Waals surface area contributed by atoms with E-state index < -0.39 is 0 Å². The summed E-state index contributed by atoms with van der Waals surface area (Å²) in [4.78, 5) is 0. The number of rotatable bonds is 9. The highest BCUT2D eigenvalue weighted by molar-refractivity contribution is 5.49. The van der Waals surface area contributed by atoms with Crippen LogP contribution in [0.1, 0.15) is 75.8 Å². The van der Waals surface area contributed by atoms with Gasteiger partial charge >= 0.3 is 0 Å². The van der Waals surface area contributed by atoms with E-state index in [0.29, 0.717) is 0 Å². The summed E-state index contributed by atoms with van der Waals surface area (Å²) in [6, 6.07) is 8.26. The van der Waals surface area contributed by atoms with Gasteiger partial charge in [0.05, 0.1) is 0 Å². The van der Waals surface area contributed by atoms with Crippen molar-refractivity contribution in [3.05, 3.63) is 42.0 Å². The maximum Gasteiger partial charge on any atom is 0.0245 e. The molecule has 0 aromatic heterocycles. The van der Waals surface area contributed by atoms with E-state index in [0.717, 1.165) is 17.5 Å². The van der Waals surface area contributed by atoms with E-state index in [-0.39, 0.29) is 0 Å². The number of benzene rings is 1. The Morgan fingerprint density at radius 1 is 0.900 bits per heavy atom. The first kappa shape index (κ1) is 16.6. The van der Waals surface area contributed by atoms with E-state index in [9.17, 15) is 0 Å². The highest BCUT2D eigenvalue weighted by atomic mass is 14.0. The highest BCUT2D eigenvalue weighted by Gasteiger charge is 1.91. The Bertz CT molecular complexity index is 414. The molecule has 108 valence electrons. The van der Waals surface area contributed by atoms with Crippen molar-refractivity contribution in [1.29, 1.82) is 0 Å². The third-order valence-corrected chi connectivity index (χ3v) is 3.53. The van der Waals surface area contributed by atoms with Crippen LogP contribution >= 0.6 is 0 Å². The second-order valence-corrected chi connectivity index (χ2v) is 5.35. The van der Waals surface area contributed by atoms with E-state index in [4.69, 9.17) is 0 Å². The van der Waals surface area contributed by atoms with Crippen molar-refractivity contribution in [2.24, 2.45) is 0 Å². The van der Waals surface area contributed by atoms with Crippen molar-refractivity contribution in [2.45, 2.75) is 64.7 Å². The summed E-state index contributed by atoms with van der Waals surface area (Å²) in [5.41, 5.74) is 2.26. The van der Waals surface area contributed by atoms with Crippen LogP contribution in [0.25, 0.3) is 6.08 Å². The van der Waals surface area contributed by atoms with Crippen LogP contribution in [0.3, 0.4) is 0 Å². The summed E-state index contributed by atoms with van der Waals surface area (Å²) in [5, 5.41) is 0. The lowest BCUT2D eigenvalue weighted by Crippen LogP contribution is -1.80. The molecular formula is C20H28. The van der Waals surface area contributed by atoms with Gasteiger partial charge in [-0.1, -0.05) is 88.5 Å². The summed E-state index contributed by atoms with van der Waals surface area (Å²) in [6.45, 7) is 6.02. The molecule has 0 saturated heterocycles. The molecule has 0 fully saturated rings. The highest BCUT2D eigenvalue weighted by Crippen LogP contribution is 2.09. The lowest BCUT2D eigenvalue weighted by Gasteiger charge is -1.99. The Labute approximate surface area is 125 Å². The van der Waals surface area contributed by atoms with Gasteiger partial charge in [-0.05, 0) is 24.1 Å². The molecule has 0 heterocycles. The Balaban J connectivity index is 2.06. The molecule has 0 bridgehead atoms. The molecule has 0 heteroatoms. The van der Waals surface area contributed by atoms with E-state index >= 15 is 0 Å². The molecule has 0 aliphatic heterocycles. The maximum atomic E-state index is 3.75. The lowest BCUT2D eigenvalue weighted by atomic mass is 10.1. The van der Waals surface area contributed by atoms with Gasteiger partial charge in [-0.25, -0.2) is 0 Å². The second kappa shape index (κ2) is 11.4. The second-order valence-electron chi connectivity index (χ2n) is 5.35. The topological polar surface area (TPSA) is 0 Å². The van der Waals surface area contributed by atoms with Gasteiger partial charge in [-0.2, -0.15) is 0 Å². The van der Waals surface area contributed by atoms with Gasteiger partial charge in [0.15, 0.2) is 0 Å². The van der Waals surface area contributed by atoms with Gasteiger partial charge in [0.2, 0.25) is 0 Å². The van der Waals surface area contributed by atoms with Gasteiger partial charge in [0.25, 0.3) is 0 Å². The fraction of sp³-hybridized carbons (Fsp3) is 0.500. The Kier molecular flexibility index (Phi) is 9.41. The molecule has 0 atom stereocenters. The normalized spacial score (nSPS) is 9.85. The summed E-state index contributed by atoms with van der Waals surface area (Å²) in [5.74, 6) is 6.50. The maximum absolute atomic E-state index is 3.75. The third kappa shape index (κ3) is 7.85. The predicted octanol–water partition coefficient (Wildman–Crippen LogP) is 6.21.